The van der Waals surface area contributed by atoms with Crippen molar-refractivity contribution in [1.29, 1.82) is 0 Å². The van der Waals surface area contributed by atoms with Gasteiger partial charge in [-0.2, -0.15) is 4.31 Å². The lowest BCUT2D eigenvalue weighted by atomic mass is 10.2. The molecule has 1 aliphatic heterocycles. The van der Waals surface area contributed by atoms with Crippen LogP contribution in [-0.2, 0) is 10.0 Å². The van der Waals surface area contributed by atoms with E-state index < -0.39 is 15.9 Å². The quantitative estimate of drug-likeness (QED) is 0.852. The number of piperidine rings is 1. The second-order valence-corrected chi connectivity index (χ2v) is 9.03. The van der Waals surface area contributed by atoms with Crippen LogP contribution < -0.4 is 5.32 Å². The Morgan fingerprint density at radius 1 is 1.28 bits per heavy atom. The van der Waals surface area contributed by atoms with Gasteiger partial charge in [0.1, 0.15) is 4.90 Å². The van der Waals surface area contributed by atoms with Gasteiger partial charge in [0.2, 0.25) is 10.0 Å². The summed E-state index contributed by atoms with van der Waals surface area (Å²) >= 11 is 7.43. The minimum absolute atomic E-state index is 0.0287. The first kappa shape index (κ1) is 18.3. The molecule has 6 nitrogen and oxygen atoms in total. The van der Waals surface area contributed by atoms with Crippen LogP contribution in [0.1, 0.15) is 35.3 Å². The van der Waals surface area contributed by atoms with E-state index in [1.165, 1.54) is 33.8 Å². The second-order valence-electron chi connectivity index (χ2n) is 5.86. The highest BCUT2D eigenvalue weighted by atomic mass is 35.5. The molecule has 134 valence electrons. The topological polar surface area (TPSA) is 79.4 Å². The zero-order valence-electron chi connectivity index (χ0n) is 13.7. The maximum absolute atomic E-state index is 12.8. The predicted molar refractivity (Wildman–Crippen MR) is 98.9 cm³/mol. The average molecular weight is 400 g/mol. The molecule has 0 radical (unpaired) electrons. The Hall–Kier alpha value is -1.48. The summed E-state index contributed by atoms with van der Waals surface area (Å²) in [6, 6.07) is 4.29. The van der Waals surface area contributed by atoms with Crippen LogP contribution in [-0.4, -0.2) is 36.7 Å². The van der Waals surface area contributed by atoms with Crippen LogP contribution >= 0.6 is 22.9 Å². The number of benzene rings is 1. The van der Waals surface area contributed by atoms with Crippen LogP contribution in [0.25, 0.3) is 0 Å². The largest absolute Gasteiger partial charge is 0.298 e. The number of carbonyl (C=O) groups excluding carboxylic acids is 1. The number of carbonyl (C=O) groups is 1. The number of hydrogen-bond acceptors (Lipinski definition) is 5. The van der Waals surface area contributed by atoms with Gasteiger partial charge in [0, 0.05) is 24.0 Å². The van der Waals surface area contributed by atoms with Gasteiger partial charge in [-0.1, -0.05) is 18.0 Å². The van der Waals surface area contributed by atoms with Crippen molar-refractivity contribution in [2.75, 3.05) is 18.4 Å². The zero-order valence-corrected chi connectivity index (χ0v) is 16.0. The number of aromatic nitrogens is 1. The van der Waals surface area contributed by atoms with Gasteiger partial charge >= 0.3 is 0 Å². The molecule has 1 N–H and O–H groups in total. The smallest absolute Gasteiger partial charge is 0.257 e. The van der Waals surface area contributed by atoms with Crippen molar-refractivity contribution < 1.29 is 13.2 Å². The van der Waals surface area contributed by atoms with E-state index in [1.807, 2.05) is 12.3 Å². The number of nitrogens with zero attached hydrogens (tertiary/aromatic N) is 2. The van der Waals surface area contributed by atoms with Crippen LogP contribution in [0.5, 0.6) is 0 Å². The van der Waals surface area contributed by atoms with Crippen LogP contribution in [0.3, 0.4) is 0 Å². The molecule has 1 saturated heterocycles. The van der Waals surface area contributed by atoms with E-state index in [9.17, 15) is 13.2 Å². The number of hydrogen-bond donors (Lipinski definition) is 1. The van der Waals surface area contributed by atoms with Gasteiger partial charge in [0.15, 0.2) is 5.13 Å². The first-order valence-corrected chi connectivity index (χ1v) is 10.6. The third kappa shape index (κ3) is 4.03. The zero-order chi connectivity index (χ0) is 18.0. The molecule has 25 heavy (non-hydrogen) atoms. The van der Waals surface area contributed by atoms with Crippen molar-refractivity contribution >= 4 is 44.0 Å². The molecule has 1 aromatic heterocycles. The minimum Gasteiger partial charge on any atom is -0.298 e. The van der Waals surface area contributed by atoms with Crippen LogP contribution in [0, 0.1) is 6.92 Å². The van der Waals surface area contributed by atoms with Gasteiger partial charge in [0.05, 0.1) is 10.7 Å². The van der Waals surface area contributed by atoms with E-state index in [2.05, 4.69) is 10.3 Å². The van der Waals surface area contributed by atoms with Crippen molar-refractivity contribution in [1.82, 2.24) is 9.29 Å². The normalized spacial score (nSPS) is 15.9. The van der Waals surface area contributed by atoms with Crippen LogP contribution in [0.15, 0.2) is 28.5 Å². The number of anilines is 1. The fourth-order valence-corrected chi connectivity index (χ4v) is 5.37. The van der Waals surface area contributed by atoms with Gasteiger partial charge in [0.25, 0.3) is 5.91 Å². The molecule has 9 heteroatoms. The molecule has 0 spiro atoms. The van der Waals surface area contributed by atoms with E-state index in [4.69, 9.17) is 11.6 Å². The molecule has 2 heterocycles. The summed E-state index contributed by atoms with van der Waals surface area (Å²) in [6.45, 7) is 2.79. The van der Waals surface area contributed by atoms with E-state index in [1.54, 1.807) is 0 Å². The molecular formula is C16H18ClN3O3S2. The van der Waals surface area contributed by atoms with Crippen molar-refractivity contribution in [3.63, 3.8) is 0 Å². The predicted octanol–water partition coefficient (Wildman–Crippen LogP) is 3.53. The minimum atomic E-state index is -3.71. The highest BCUT2D eigenvalue weighted by molar-refractivity contribution is 7.89. The second kappa shape index (κ2) is 7.41. The lowest BCUT2D eigenvalue weighted by molar-refractivity contribution is 0.102. The van der Waals surface area contributed by atoms with Gasteiger partial charge < -0.3 is 0 Å². The average Bonchev–Trinajstić information content (AvgIpc) is 3.00. The molecule has 0 unspecified atom stereocenters. The number of nitrogens with one attached hydrogen (secondary N) is 1. The Kier molecular flexibility index (Phi) is 5.43. The van der Waals surface area contributed by atoms with Gasteiger partial charge in [-0.05, 0) is 38.0 Å². The maximum atomic E-state index is 12.8. The molecular weight excluding hydrogens is 382 g/mol. The summed E-state index contributed by atoms with van der Waals surface area (Å²) in [7, 11) is -3.71. The number of amides is 1. The monoisotopic (exact) mass is 399 g/mol. The molecule has 0 aliphatic carbocycles. The highest BCUT2D eigenvalue weighted by Gasteiger charge is 2.28. The van der Waals surface area contributed by atoms with E-state index in [0.717, 1.165) is 25.0 Å². The fraction of sp³-hybridized carbons (Fsp3) is 0.375. The van der Waals surface area contributed by atoms with Gasteiger partial charge in [-0.3, -0.25) is 10.1 Å². The molecule has 0 bridgehead atoms. The van der Waals surface area contributed by atoms with Crippen molar-refractivity contribution in [2.45, 2.75) is 31.1 Å². The van der Waals surface area contributed by atoms with E-state index in [-0.39, 0.29) is 15.5 Å². The number of sulfonamides is 1. The Labute approximate surface area is 155 Å². The lowest BCUT2D eigenvalue weighted by Gasteiger charge is -2.26. The standard InChI is InChI=1S/C16H18ClN3O3S2/c1-11-10-24-16(18-11)19-15(21)12-5-6-13(17)14(9-12)25(22,23)20-7-3-2-4-8-20/h5-6,9-10H,2-4,7-8H2,1H3,(H,18,19,21). The summed E-state index contributed by atoms with van der Waals surface area (Å²) in [6.07, 6.45) is 2.69. The molecule has 1 aromatic carbocycles. The van der Waals surface area contributed by atoms with E-state index >= 15 is 0 Å². The number of rotatable bonds is 4. The summed E-state index contributed by atoms with van der Waals surface area (Å²) < 4.78 is 27.1. The summed E-state index contributed by atoms with van der Waals surface area (Å²) in [5.74, 6) is -0.416. The first-order chi connectivity index (χ1) is 11.9. The summed E-state index contributed by atoms with van der Waals surface area (Å²) in [4.78, 5) is 16.5. The van der Waals surface area contributed by atoms with Crippen LogP contribution in [0.4, 0.5) is 5.13 Å². The highest BCUT2D eigenvalue weighted by Crippen LogP contribution is 2.28. The van der Waals surface area contributed by atoms with Crippen molar-refractivity contribution in [3.05, 3.63) is 39.9 Å². The first-order valence-electron chi connectivity index (χ1n) is 7.91. The third-order valence-corrected chi connectivity index (χ3v) is 7.22. The summed E-state index contributed by atoms with van der Waals surface area (Å²) in [5, 5.41) is 5.08. The van der Waals surface area contributed by atoms with Crippen molar-refractivity contribution in [3.8, 4) is 0 Å². The van der Waals surface area contributed by atoms with E-state index in [0.29, 0.717) is 18.2 Å². The maximum Gasteiger partial charge on any atom is 0.257 e. The fourth-order valence-electron chi connectivity index (χ4n) is 2.67. The Morgan fingerprint density at radius 2 is 2.00 bits per heavy atom. The third-order valence-electron chi connectivity index (χ3n) is 3.97. The summed E-state index contributed by atoms with van der Waals surface area (Å²) in [5.41, 5.74) is 1.04. The number of aryl methyl sites for hydroxylation is 1. The molecule has 3 rings (SSSR count). The molecule has 1 amide bonds. The van der Waals surface area contributed by atoms with Crippen LogP contribution in [0.2, 0.25) is 5.02 Å². The SMILES string of the molecule is Cc1csc(NC(=O)c2ccc(Cl)c(S(=O)(=O)N3CCCCC3)c2)n1. The number of thiazole rings is 1. The molecule has 1 aliphatic rings. The Bertz CT molecular complexity index is 890. The Balaban J connectivity index is 1.88. The van der Waals surface area contributed by atoms with Gasteiger partial charge in [-0.25, -0.2) is 13.4 Å². The Morgan fingerprint density at radius 3 is 2.64 bits per heavy atom. The van der Waals surface area contributed by atoms with Crippen molar-refractivity contribution in [2.24, 2.45) is 0 Å². The molecule has 1 fully saturated rings. The molecule has 0 atom stereocenters. The molecule has 2 aromatic rings. The lowest BCUT2D eigenvalue weighted by Crippen LogP contribution is -2.35. The van der Waals surface area contributed by atoms with Gasteiger partial charge in [-0.15, -0.1) is 11.3 Å². The number of halogens is 1. The molecule has 0 saturated carbocycles.